The number of rotatable bonds is 7. The Morgan fingerprint density at radius 2 is 0.579 bits per heavy atom. The van der Waals surface area contributed by atoms with Gasteiger partial charge in [0.15, 0.2) is 0 Å². The third-order valence-electron chi connectivity index (χ3n) is 12.1. The molecule has 57 heavy (non-hydrogen) atoms. The summed E-state index contributed by atoms with van der Waals surface area (Å²) in [7, 11) is 0. The van der Waals surface area contributed by atoms with Gasteiger partial charge in [-0.1, -0.05) is 194 Å². The van der Waals surface area contributed by atoms with Gasteiger partial charge in [-0.3, -0.25) is 0 Å². The van der Waals surface area contributed by atoms with Gasteiger partial charge in [-0.15, -0.1) is 0 Å². The predicted octanol–water partition coefficient (Wildman–Crippen LogP) is 14.8. The van der Waals surface area contributed by atoms with Gasteiger partial charge in [0.05, 0.1) is 5.69 Å². The maximum absolute atomic E-state index is 2.41. The highest BCUT2D eigenvalue weighted by molar-refractivity contribution is 5.90. The van der Waals surface area contributed by atoms with Crippen molar-refractivity contribution in [1.29, 1.82) is 0 Å². The molecule has 0 radical (unpaired) electrons. The third kappa shape index (κ3) is 5.54. The summed E-state index contributed by atoms with van der Waals surface area (Å²) < 4.78 is 0. The Bertz CT molecular complexity index is 2830. The van der Waals surface area contributed by atoms with Crippen LogP contribution in [0.4, 0.5) is 17.1 Å². The summed E-state index contributed by atoms with van der Waals surface area (Å²) in [6.07, 6.45) is 0. The molecule has 0 saturated carbocycles. The van der Waals surface area contributed by atoms with E-state index in [1.54, 1.807) is 0 Å². The van der Waals surface area contributed by atoms with E-state index in [1.165, 1.54) is 77.9 Å². The Morgan fingerprint density at radius 1 is 0.246 bits per heavy atom. The molecule has 3 aliphatic carbocycles. The van der Waals surface area contributed by atoms with Gasteiger partial charge in [-0.25, -0.2) is 0 Å². The first-order valence-corrected chi connectivity index (χ1v) is 19.9. The highest BCUT2D eigenvalue weighted by atomic mass is 15.1. The first-order chi connectivity index (χ1) is 28.3. The molecule has 0 spiro atoms. The maximum Gasteiger partial charge on any atom is 0.0540 e. The Balaban J connectivity index is 1.07. The predicted molar refractivity (Wildman–Crippen MR) is 238 cm³/mol. The average molecular weight is 726 g/mol. The first kappa shape index (κ1) is 33.1. The zero-order valence-electron chi connectivity index (χ0n) is 31.5. The summed E-state index contributed by atoms with van der Waals surface area (Å²) in [4.78, 5) is 2.41. The van der Waals surface area contributed by atoms with Crippen LogP contribution in [0.1, 0.15) is 45.2 Å². The molecular weight excluding hydrogens is 687 g/mol. The molecule has 0 heterocycles. The fourth-order valence-electron chi connectivity index (χ4n) is 9.59. The van der Waals surface area contributed by atoms with Crippen LogP contribution in [-0.4, -0.2) is 0 Å². The highest BCUT2D eigenvalue weighted by Gasteiger charge is 2.43. The van der Waals surface area contributed by atoms with Crippen LogP contribution in [0.2, 0.25) is 0 Å². The molecule has 0 unspecified atom stereocenters. The SMILES string of the molecule is c1ccc(-c2ccc(N(c3ccc(-c4ccc(-c5ccccc5)c5c4C4c6ccccc6C5c5ccccc54)cc3)c3ccccc3-c3ccccc3)cc2)cc1. The van der Waals surface area contributed by atoms with Gasteiger partial charge >= 0.3 is 0 Å². The quantitative estimate of drug-likeness (QED) is 0.158. The van der Waals surface area contributed by atoms with Gasteiger partial charge in [0.2, 0.25) is 0 Å². The lowest BCUT2D eigenvalue weighted by molar-refractivity contribution is 0.757. The molecule has 0 fully saturated rings. The van der Waals surface area contributed by atoms with Crippen molar-refractivity contribution in [2.45, 2.75) is 11.8 Å². The zero-order valence-corrected chi connectivity index (χ0v) is 31.5. The summed E-state index contributed by atoms with van der Waals surface area (Å²) >= 11 is 0. The van der Waals surface area contributed by atoms with Crippen LogP contribution in [0, 0.1) is 0 Å². The second-order valence-electron chi connectivity index (χ2n) is 15.2. The van der Waals surface area contributed by atoms with Crippen molar-refractivity contribution < 1.29 is 0 Å². The number of hydrogen-bond donors (Lipinski definition) is 0. The summed E-state index contributed by atoms with van der Waals surface area (Å²) in [5.41, 5.74) is 21.9. The van der Waals surface area contributed by atoms with Crippen molar-refractivity contribution in [2.24, 2.45) is 0 Å². The topological polar surface area (TPSA) is 3.24 Å². The van der Waals surface area contributed by atoms with E-state index in [0.717, 1.165) is 17.1 Å². The number of hydrogen-bond acceptors (Lipinski definition) is 1. The maximum atomic E-state index is 2.41. The summed E-state index contributed by atoms with van der Waals surface area (Å²) in [5.74, 6) is 0.337. The van der Waals surface area contributed by atoms with Crippen molar-refractivity contribution in [1.82, 2.24) is 0 Å². The molecule has 3 aliphatic rings. The lowest BCUT2D eigenvalue weighted by atomic mass is 9.58. The molecule has 268 valence electrons. The van der Waals surface area contributed by atoms with E-state index >= 15 is 0 Å². The second kappa shape index (κ2) is 13.8. The normalized spacial score (nSPS) is 14.7. The van der Waals surface area contributed by atoms with Crippen molar-refractivity contribution in [3.05, 3.63) is 258 Å². The van der Waals surface area contributed by atoms with E-state index < -0.39 is 0 Å². The molecule has 12 rings (SSSR count). The van der Waals surface area contributed by atoms with Crippen LogP contribution in [0.3, 0.4) is 0 Å². The molecule has 1 heteroatoms. The fourth-order valence-corrected chi connectivity index (χ4v) is 9.59. The molecule has 1 nitrogen and oxygen atoms in total. The van der Waals surface area contributed by atoms with E-state index in [9.17, 15) is 0 Å². The largest absolute Gasteiger partial charge is 0.310 e. The van der Waals surface area contributed by atoms with Gasteiger partial charge in [0.25, 0.3) is 0 Å². The number of nitrogens with zero attached hydrogens (tertiary/aromatic N) is 1. The van der Waals surface area contributed by atoms with Gasteiger partial charge in [0, 0.05) is 28.8 Å². The number of benzene rings is 9. The molecular formula is C56H39N. The van der Waals surface area contributed by atoms with Crippen molar-refractivity contribution >= 4 is 17.1 Å². The van der Waals surface area contributed by atoms with Gasteiger partial charge < -0.3 is 4.90 Å². The monoisotopic (exact) mass is 725 g/mol. The Kier molecular flexibility index (Phi) is 8.03. The van der Waals surface area contributed by atoms with E-state index in [0.29, 0.717) is 0 Å². The summed E-state index contributed by atoms with van der Waals surface area (Å²) in [5, 5.41) is 0. The van der Waals surface area contributed by atoms with Gasteiger partial charge in [-0.2, -0.15) is 0 Å². The van der Waals surface area contributed by atoms with Crippen LogP contribution >= 0.6 is 0 Å². The van der Waals surface area contributed by atoms with E-state index in [1.807, 2.05) is 0 Å². The summed E-state index contributed by atoms with van der Waals surface area (Å²) in [6.45, 7) is 0. The smallest absolute Gasteiger partial charge is 0.0540 e. The molecule has 0 N–H and O–H groups in total. The van der Waals surface area contributed by atoms with Crippen LogP contribution in [0.15, 0.2) is 224 Å². The van der Waals surface area contributed by atoms with Crippen molar-refractivity contribution in [2.75, 3.05) is 4.90 Å². The second-order valence-corrected chi connectivity index (χ2v) is 15.2. The minimum absolute atomic E-state index is 0.160. The molecule has 0 aromatic heterocycles. The third-order valence-corrected chi connectivity index (χ3v) is 12.1. The van der Waals surface area contributed by atoms with Crippen LogP contribution in [0.25, 0.3) is 44.5 Å². The van der Waals surface area contributed by atoms with Crippen LogP contribution in [-0.2, 0) is 0 Å². The Hall–Kier alpha value is -7.22. The standard InChI is InChI=1S/C56H39N/c1-4-16-38(17-5-1)39-28-32-43(33-29-39)57(52-27-15-14-22-45(52)40-18-6-2-7-19-40)44-34-30-42(31-35-44)47-37-36-46(41-20-8-3-9-21-41)55-53-48-23-10-12-25-50(48)54(56(47)55)51-26-13-11-24-49(51)53/h1-37,53-54H. The van der Waals surface area contributed by atoms with E-state index in [4.69, 9.17) is 0 Å². The fraction of sp³-hybridized carbons (Fsp3) is 0.0357. The number of para-hydroxylation sites is 1. The average Bonchev–Trinajstić information content (AvgIpc) is 3.30. The van der Waals surface area contributed by atoms with Crippen LogP contribution < -0.4 is 4.90 Å². The molecule has 9 aromatic carbocycles. The molecule has 9 aromatic rings. The number of anilines is 3. The minimum Gasteiger partial charge on any atom is -0.310 e. The van der Waals surface area contributed by atoms with E-state index in [-0.39, 0.29) is 11.8 Å². The first-order valence-electron chi connectivity index (χ1n) is 19.9. The van der Waals surface area contributed by atoms with E-state index in [2.05, 4.69) is 229 Å². The Morgan fingerprint density at radius 3 is 1.05 bits per heavy atom. The highest BCUT2D eigenvalue weighted by Crippen LogP contribution is 2.60. The summed E-state index contributed by atoms with van der Waals surface area (Å²) in [6, 6.07) is 82.4. The lowest BCUT2D eigenvalue weighted by Crippen LogP contribution is -2.28. The molecule has 0 amide bonds. The lowest BCUT2D eigenvalue weighted by Gasteiger charge is -2.44. The van der Waals surface area contributed by atoms with Gasteiger partial charge in [-0.05, 0) is 103 Å². The molecule has 0 aliphatic heterocycles. The van der Waals surface area contributed by atoms with Crippen LogP contribution in [0.5, 0.6) is 0 Å². The molecule has 0 atom stereocenters. The molecule has 2 bridgehead atoms. The van der Waals surface area contributed by atoms with Crippen molar-refractivity contribution in [3.8, 4) is 44.5 Å². The Labute approximate surface area is 334 Å². The van der Waals surface area contributed by atoms with Gasteiger partial charge in [0.1, 0.15) is 0 Å². The van der Waals surface area contributed by atoms with Crippen molar-refractivity contribution in [3.63, 3.8) is 0 Å². The zero-order chi connectivity index (χ0) is 37.7. The molecule has 0 saturated heterocycles. The minimum atomic E-state index is 0.160.